The van der Waals surface area contributed by atoms with E-state index in [-0.39, 0.29) is 12.1 Å². The van der Waals surface area contributed by atoms with Gasteiger partial charge in [-0.1, -0.05) is 153 Å². The van der Waals surface area contributed by atoms with Gasteiger partial charge in [0.15, 0.2) is 0 Å². The number of nitrogens with zero attached hydrogens (tertiary/aromatic N) is 4. The second kappa shape index (κ2) is 16.2. The molecule has 2 unspecified atom stereocenters. The van der Waals surface area contributed by atoms with Crippen LogP contribution in [0.3, 0.4) is 0 Å². The summed E-state index contributed by atoms with van der Waals surface area (Å²) in [6.07, 6.45) is 17.0. The third-order valence-corrected chi connectivity index (χ3v) is 13.5. The van der Waals surface area contributed by atoms with E-state index in [9.17, 15) is 0 Å². The molecule has 0 radical (unpaired) electrons. The zero-order valence-corrected chi connectivity index (χ0v) is 36.3. The third-order valence-electron chi connectivity index (χ3n) is 13.5. The second-order valence-electron chi connectivity index (χ2n) is 17.3. The molecule has 12 rings (SSSR count). The molecule has 65 heavy (non-hydrogen) atoms. The van der Waals surface area contributed by atoms with Gasteiger partial charge in [0, 0.05) is 66.7 Å². The van der Waals surface area contributed by atoms with Gasteiger partial charge in [0.2, 0.25) is 0 Å². The van der Waals surface area contributed by atoms with E-state index in [2.05, 4.69) is 269 Å². The molecule has 4 nitrogen and oxygen atoms in total. The van der Waals surface area contributed by atoms with Gasteiger partial charge in [0.25, 0.3) is 0 Å². The van der Waals surface area contributed by atoms with Gasteiger partial charge >= 0.3 is 0 Å². The summed E-state index contributed by atoms with van der Waals surface area (Å²) >= 11 is 0. The first-order valence-corrected chi connectivity index (χ1v) is 22.8. The van der Waals surface area contributed by atoms with Gasteiger partial charge in [-0.2, -0.15) is 0 Å². The van der Waals surface area contributed by atoms with Crippen LogP contribution in [0.25, 0.3) is 54.9 Å². The molecule has 0 saturated carbocycles. The van der Waals surface area contributed by atoms with Gasteiger partial charge in [-0.15, -0.1) is 0 Å². The maximum atomic E-state index is 2.53. The average Bonchev–Trinajstić information content (AvgIpc) is 3.88. The van der Waals surface area contributed by atoms with Crippen molar-refractivity contribution in [3.63, 3.8) is 0 Å². The first-order chi connectivity index (χ1) is 32.2. The molecule has 4 heteroatoms. The summed E-state index contributed by atoms with van der Waals surface area (Å²) in [5.41, 5.74) is 14.3. The Hall–Kier alpha value is -8.08. The van der Waals surface area contributed by atoms with Crippen molar-refractivity contribution in [1.29, 1.82) is 0 Å². The Labute approximate surface area is 380 Å². The van der Waals surface area contributed by atoms with Crippen LogP contribution in [0.2, 0.25) is 0 Å². The summed E-state index contributed by atoms with van der Waals surface area (Å²) in [7, 11) is 0. The molecule has 0 amide bonds. The van der Waals surface area contributed by atoms with Gasteiger partial charge < -0.3 is 18.9 Å². The normalized spacial score (nSPS) is 17.0. The summed E-state index contributed by atoms with van der Waals surface area (Å²) in [5.74, 6) is 0.399. The maximum absolute atomic E-state index is 2.53. The van der Waals surface area contributed by atoms with Crippen LogP contribution in [0.4, 0.5) is 28.4 Å². The summed E-state index contributed by atoms with van der Waals surface area (Å²) in [4.78, 5) is 4.88. The lowest BCUT2D eigenvalue weighted by molar-refractivity contribution is 0.510. The van der Waals surface area contributed by atoms with Crippen LogP contribution in [0, 0.1) is 5.92 Å². The maximum Gasteiger partial charge on any atom is 0.0585 e. The van der Waals surface area contributed by atoms with E-state index in [0.29, 0.717) is 5.92 Å². The number of hydrogen-bond donors (Lipinski definition) is 0. The predicted octanol–water partition coefficient (Wildman–Crippen LogP) is 16.2. The van der Waals surface area contributed by atoms with Gasteiger partial charge in [0.05, 0.1) is 23.1 Å². The smallest absolute Gasteiger partial charge is 0.0585 e. The first kappa shape index (κ1) is 38.6. The van der Waals surface area contributed by atoms with Crippen molar-refractivity contribution in [2.45, 2.75) is 25.4 Å². The monoisotopic (exact) mass is 836 g/mol. The zero-order chi connectivity index (χ0) is 43.3. The molecule has 2 aliphatic carbocycles. The van der Waals surface area contributed by atoms with E-state index < -0.39 is 0 Å². The van der Waals surface area contributed by atoms with Crippen molar-refractivity contribution >= 4 is 77.6 Å². The summed E-state index contributed by atoms with van der Waals surface area (Å²) < 4.78 is 4.91. The number of aromatic nitrogens is 2. The molecular weight excluding hydrogens is 789 g/mol. The van der Waals surface area contributed by atoms with Crippen LogP contribution < -0.4 is 9.80 Å². The van der Waals surface area contributed by atoms with Crippen molar-refractivity contribution in [2.75, 3.05) is 9.80 Å². The Kier molecular flexibility index (Phi) is 9.64. The largest absolute Gasteiger partial charge is 0.334 e. The SMILES string of the molecule is C[C@@H]1C=CC=CC1n1c2ccccc2c2cc(N(c3ccccc3)c3ccc(C4=CCC(N(c5ccccc5)c5ccc6c(c5)c5ccccc5n6-c5ccccc5)C=C4)cc3)ccc21. The number of rotatable bonds is 9. The lowest BCUT2D eigenvalue weighted by atomic mass is 9.95. The molecule has 10 aromatic rings. The molecule has 0 bridgehead atoms. The molecule has 0 spiro atoms. The minimum atomic E-state index is 0.142. The summed E-state index contributed by atoms with van der Waals surface area (Å²) in [6.45, 7) is 2.31. The van der Waals surface area contributed by atoms with Gasteiger partial charge in [0.1, 0.15) is 0 Å². The van der Waals surface area contributed by atoms with E-state index in [1.54, 1.807) is 0 Å². The molecule has 2 aliphatic rings. The van der Waals surface area contributed by atoms with Gasteiger partial charge in [-0.25, -0.2) is 0 Å². The molecule has 2 aromatic heterocycles. The van der Waals surface area contributed by atoms with Crippen LogP contribution in [-0.2, 0) is 0 Å². The van der Waals surface area contributed by atoms with Crippen LogP contribution in [0.15, 0.2) is 243 Å². The predicted molar refractivity (Wildman–Crippen MR) is 275 cm³/mol. The Bertz CT molecular complexity index is 3480. The van der Waals surface area contributed by atoms with E-state index in [1.807, 2.05) is 0 Å². The lowest BCUT2D eigenvalue weighted by Crippen LogP contribution is -2.30. The highest BCUT2D eigenvalue weighted by Crippen LogP contribution is 2.43. The fraction of sp³-hybridized carbons (Fsp3) is 0.0820. The second-order valence-corrected chi connectivity index (χ2v) is 17.3. The van der Waals surface area contributed by atoms with Crippen LogP contribution in [-0.4, -0.2) is 15.2 Å². The molecule has 0 N–H and O–H groups in total. The molecule has 0 fully saturated rings. The molecule has 3 atom stereocenters. The van der Waals surface area contributed by atoms with Crippen molar-refractivity contribution in [2.24, 2.45) is 5.92 Å². The fourth-order valence-electron chi connectivity index (χ4n) is 10.4. The number of para-hydroxylation sites is 5. The molecular formula is C61H48N4. The van der Waals surface area contributed by atoms with E-state index in [4.69, 9.17) is 0 Å². The number of fused-ring (bicyclic) bond motifs is 6. The molecule has 8 aromatic carbocycles. The molecule has 0 saturated heterocycles. The highest BCUT2D eigenvalue weighted by molar-refractivity contribution is 6.11. The number of benzene rings is 8. The quantitative estimate of drug-likeness (QED) is 0.144. The van der Waals surface area contributed by atoms with Crippen molar-refractivity contribution in [3.8, 4) is 5.69 Å². The zero-order valence-electron chi connectivity index (χ0n) is 36.3. The van der Waals surface area contributed by atoms with Crippen LogP contribution >= 0.6 is 0 Å². The summed E-state index contributed by atoms with van der Waals surface area (Å²) in [6, 6.07) is 73.3. The van der Waals surface area contributed by atoms with Crippen LogP contribution in [0.5, 0.6) is 0 Å². The molecule has 312 valence electrons. The topological polar surface area (TPSA) is 16.3 Å². The van der Waals surface area contributed by atoms with E-state index in [0.717, 1.165) is 23.5 Å². The standard InChI is InChI=1S/C61H48N4/c1-43-17-11-14-26-57(43)65-59-28-16-13-25-54(59)56-42-52(38-40-61(56)65)63(47-20-7-3-8-21-47)50-35-31-45(32-36-50)44-29-33-49(34-30-44)62(46-18-5-2-6-19-46)51-37-39-60-55(41-51)53-24-12-15-27-58(53)64(60)48-22-9-4-10-23-48/h2-33,35-43,49,57H,34H2,1H3/t43-,49?,57?/m1/s1. The van der Waals surface area contributed by atoms with Crippen molar-refractivity contribution < 1.29 is 0 Å². The Morgan fingerprint density at radius 3 is 1.71 bits per heavy atom. The lowest BCUT2D eigenvalue weighted by Gasteiger charge is -2.33. The number of anilines is 5. The van der Waals surface area contributed by atoms with E-state index >= 15 is 0 Å². The minimum Gasteiger partial charge on any atom is -0.334 e. The van der Waals surface area contributed by atoms with Crippen LogP contribution in [0.1, 0.15) is 24.9 Å². The van der Waals surface area contributed by atoms with Gasteiger partial charge in [-0.05, 0) is 121 Å². The van der Waals surface area contributed by atoms with Crippen molar-refractivity contribution in [1.82, 2.24) is 9.13 Å². The third kappa shape index (κ3) is 6.77. The first-order valence-electron chi connectivity index (χ1n) is 22.8. The average molecular weight is 837 g/mol. The highest BCUT2D eigenvalue weighted by Gasteiger charge is 2.25. The van der Waals surface area contributed by atoms with Crippen molar-refractivity contribution in [3.05, 3.63) is 248 Å². The molecule has 0 aliphatic heterocycles. The highest BCUT2D eigenvalue weighted by atomic mass is 15.2. The summed E-state index contributed by atoms with van der Waals surface area (Å²) in [5, 5.41) is 5.05. The molecule has 2 heterocycles. The Morgan fingerprint density at radius 2 is 0.985 bits per heavy atom. The minimum absolute atomic E-state index is 0.142. The van der Waals surface area contributed by atoms with Gasteiger partial charge in [-0.3, -0.25) is 0 Å². The van der Waals surface area contributed by atoms with E-state index in [1.165, 1.54) is 71.8 Å². The number of allylic oxidation sites excluding steroid dienone is 6. The Morgan fingerprint density at radius 1 is 0.446 bits per heavy atom. The number of hydrogen-bond acceptors (Lipinski definition) is 2. The Balaban J connectivity index is 0.869. The fourth-order valence-corrected chi connectivity index (χ4v) is 10.4.